The van der Waals surface area contributed by atoms with Crippen LogP contribution in [0.25, 0.3) is 0 Å². The van der Waals surface area contributed by atoms with Crippen LogP contribution in [0.5, 0.6) is 0 Å². The van der Waals surface area contributed by atoms with Crippen LogP contribution in [0, 0.1) is 11.6 Å². The molecule has 116 valence electrons. The standard InChI is InChI=1S/C16H14F2N2O.ClH/c17-12-6-3-7-13(18)15(12)20-16(21)14-11-5-2-1-4-10(11)8-9-19-14;/h1-7,14,19H,8-9H2,(H,20,21);1H. The summed E-state index contributed by atoms with van der Waals surface area (Å²) < 4.78 is 27.2. The maximum absolute atomic E-state index is 13.6. The summed E-state index contributed by atoms with van der Waals surface area (Å²) in [7, 11) is 0. The average molecular weight is 325 g/mol. The lowest BCUT2D eigenvalue weighted by molar-refractivity contribution is -0.118. The first-order chi connectivity index (χ1) is 10.2. The second-order valence-electron chi connectivity index (χ2n) is 4.92. The van der Waals surface area contributed by atoms with E-state index in [-0.39, 0.29) is 12.4 Å². The largest absolute Gasteiger partial charge is 0.320 e. The van der Waals surface area contributed by atoms with Gasteiger partial charge in [0.2, 0.25) is 5.91 Å². The van der Waals surface area contributed by atoms with E-state index in [1.54, 1.807) is 0 Å². The highest BCUT2D eigenvalue weighted by Crippen LogP contribution is 2.25. The predicted octanol–water partition coefficient (Wildman–Crippen LogP) is 3.21. The van der Waals surface area contributed by atoms with Crippen LogP contribution in [0.3, 0.4) is 0 Å². The molecule has 0 aromatic heterocycles. The number of amides is 1. The molecule has 1 atom stereocenters. The average Bonchev–Trinajstić information content (AvgIpc) is 2.50. The Morgan fingerprint density at radius 2 is 1.77 bits per heavy atom. The number of fused-ring (bicyclic) bond motifs is 1. The van der Waals surface area contributed by atoms with Crippen molar-refractivity contribution >= 4 is 24.0 Å². The molecular weight excluding hydrogens is 310 g/mol. The Hall–Kier alpha value is -1.98. The monoisotopic (exact) mass is 324 g/mol. The number of hydrogen-bond donors (Lipinski definition) is 2. The molecule has 2 N–H and O–H groups in total. The van der Waals surface area contributed by atoms with Crippen molar-refractivity contribution in [3.8, 4) is 0 Å². The van der Waals surface area contributed by atoms with Crippen LogP contribution in [0.2, 0.25) is 0 Å². The predicted molar refractivity (Wildman–Crippen MR) is 83.1 cm³/mol. The SMILES string of the molecule is Cl.O=C(Nc1c(F)cccc1F)C1NCCc2ccccc21. The highest BCUT2D eigenvalue weighted by atomic mass is 35.5. The summed E-state index contributed by atoms with van der Waals surface area (Å²) in [6.45, 7) is 0.648. The van der Waals surface area contributed by atoms with Gasteiger partial charge in [0.05, 0.1) is 0 Å². The third-order valence-corrected chi connectivity index (χ3v) is 3.58. The Bertz CT molecular complexity index is 673. The third-order valence-electron chi connectivity index (χ3n) is 3.58. The molecule has 2 aromatic rings. The summed E-state index contributed by atoms with van der Waals surface area (Å²) in [5, 5.41) is 5.41. The molecule has 0 bridgehead atoms. The van der Waals surface area contributed by atoms with Gasteiger partial charge in [-0.15, -0.1) is 12.4 Å². The fraction of sp³-hybridized carbons (Fsp3) is 0.188. The first-order valence-electron chi connectivity index (χ1n) is 6.73. The van der Waals surface area contributed by atoms with Crippen molar-refractivity contribution in [3.05, 3.63) is 65.2 Å². The van der Waals surface area contributed by atoms with Gasteiger partial charge in [-0.05, 0) is 29.7 Å². The maximum Gasteiger partial charge on any atom is 0.246 e. The van der Waals surface area contributed by atoms with Crippen molar-refractivity contribution in [2.45, 2.75) is 12.5 Å². The molecule has 2 aromatic carbocycles. The van der Waals surface area contributed by atoms with Crippen molar-refractivity contribution in [1.82, 2.24) is 5.32 Å². The van der Waals surface area contributed by atoms with Gasteiger partial charge in [0.25, 0.3) is 0 Å². The zero-order chi connectivity index (χ0) is 14.8. The molecule has 0 spiro atoms. The summed E-state index contributed by atoms with van der Waals surface area (Å²) >= 11 is 0. The van der Waals surface area contributed by atoms with Gasteiger partial charge in [-0.1, -0.05) is 30.3 Å². The van der Waals surface area contributed by atoms with E-state index >= 15 is 0 Å². The van der Waals surface area contributed by atoms with E-state index < -0.39 is 29.3 Å². The zero-order valence-corrected chi connectivity index (χ0v) is 12.4. The molecule has 3 nitrogen and oxygen atoms in total. The van der Waals surface area contributed by atoms with E-state index in [2.05, 4.69) is 10.6 Å². The summed E-state index contributed by atoms with van der Waals surface area (Å²) in [6, 6.07) is 10.4. The van der Waals surface area contributed by atoms with E-state index in [9.17, 15) is 13.6 Å². The number of hydrogen-bond acceptors (Lipinski definition) is 2. The van der Waals surface area contributed by atoms with Gasteiger partial charge in [0.15, 0.2) is 0 Å². The number of anilines is 1. The summed E-state index contributed by atoms with van der Waals surface area (Å²) in [6.07, 6.45) is 0.827. The van der Waals surface area contributed by atoms with Crippen LogP contribution in [0.4, 0.5) is 14.5 Å². The number of para-hydroxylation sites is 1. The topological polar surface area (TPSA) is 41.1 Å². The second kappa shape index (κ2) is 6.85. The van der Waals surface area contributed by atoms with Crippen molar-refractivity contribution in [3.63, 3.8) is 0 Å². The second-order valence-corrected chi connectivity index (χ2v) is 4.92. The first-order valence-corrected chi connectivity index (χ1v) is 6.73. The zero-order valence-electron chi connectivity index (χ0n) is 11.6. The van der Waals surface area contributed by atoms with Gasteiger partial charge in [-0.3, -0.25) is 4.79 Å². The number of halogens is 3. The van der Waals surface area contributed by atoms with Gasteiger partial charge in [-0.25, -0.2) is 8.78 Å². The maximum atomic E-state index is 13.6. The van der Waals surface area contributed by atoms with Crippen molar-refractivity contribution in [2.24, 2.45) is 0 Å². The van der Waals surface area contributed by atoms with Crippen LogP contribution in [0.1, 0.15) is 17.2 Å². The molecule has 0 aliphatic carbocycles. The molecule has 0 saturated heterocycles. The highest BCUT2D eigenvalue weighted by Gasteiger charge is 2.26. The molecule has 1 aliphatic rings. The molecular formula is C16H15ClF2N2O. The Balaban J connectivity index is 0.00000176. The van der Waals surface area contributed by atoms with E-state index in [4.69, 9.17) is 0 Å². The van der Waals surface area contributed by atoms with Crippen LogP contribution in [0.15, 0.2) is 42.5 Å². The Morgan fingerprint density at radius 1 is 1.09 bits per heavy atom. The molecule has 1 heterocycles. The van der Waals surface area contributed by atoms with Crippen LogP contribution < -0.4 is 10.6 Å². The minimum atomic E-state index is -0.785. The minimum Gasteiger partial charge on any atom is -0.320 e. The van der Waals surface area contributed by atoms with Gasteiger partial charge >= 0.3 is 0 Å². The van der Waals surface area contributed by atoms with Gasteiger partial charge < -0.3 is 10.6 Å². The van der Waals surface area contributed by atoms with Crippen LogP contribution in [-0.4, -0.2) is 12.5 Å². The van der Waals surface area contributed by atoms with E-state index in [0.717, 1.165) is 29.7 Å². The minimum absolute atomic E-state index is 0. The lowest BCUT2D eigenvalue weighted by Crippen LogP contribution is -2.38. The Labute approximate surface area is 133 Å². The van der Waals surface area contributed by atoms with E-state index in [1.165, 1.54) is 6.07 Å². The van der Waals surface area contributed by atoms with E-state index in [1.807, 2.05) is 24.3 Å². The molecule has 22 heavy (non-hydrogen) atoms. The number of rotatable bonds is 2. The molecule has 1 amide bonds. The number of nitrogens with one attached hydrogen (secondary N) is 2. The van der Waals surface area contributed by atoms with Crippen molar-refractivity contribution in [1.29, 1.82) is 0 Å². The van der Waals surface area contributed by atoms with E-state index in [0.29, 0.717) is 6.54 Å². The van der Waals surface area contributed by atoms with Gasteiger partial charge in [-0.2, -0.15) is 0 Å². The lowest BCUT2D eigenvalue weighted by Gasteiger charge is -2.26. The van der Waals surface area contributed by atoms with Crippen molar-refractivity contribution < 1.29 is 13.6 Å². The molecule has 0 saturated carbocycles. The fourth-order valence-electron chi connectivity index (χ4n) is 2.55. The molecule has 1 unspecified atom stereocenters. The smallest absolute Gasteiger partial charge is 0.246 e. The Kier molecular flexibility index (Phi) is 5.11. The summed E-state index contributed by atoms with van der Waals surface area (Å²) in [4.78, 5) is 12.3. The van der Waals surface area contributed by atoms with Crippen LogP contribution in [-0.2, 0) is 11.2 Å². The van der Waals surface area contributed by atoms with Crippen LogP contribution >= 0.6 is 12.4 Å². The molecule has 0 fully saturated rings. The molecule has 3 rings (SSSR count). The number of carbonyl (C=O) groups is 1. The molecule has 1 aliphatic heterocycles. The van der Waals surface area contributed by atoms with Gasteiger partial charge in [0, 0.05) is 6.54 Å². The number of carbonyl (C=O) groups excluding carboxylic acids is 1. The molecule has 6 heteroatoms. The normalized spacial score (nSPS) is 16.4. The van der Waals surface area contributed by atoms with Crippen molar-refractivity contribution in [2.75, 3.05) is 11.9 Å². The lowest BCUT2D eigenvalue weighted by atomic mass is 9.94. The Morgan fingerprint density at radius 3 is 2.50 bits per heavy atom. The quantitative estimate of drug-likeness (QED) is 0.890. The molecule has 0 radical (unpaired) electrons. The summed E-state index contributed by atoms with van der Waals surface area (Å²) in [5.74, 6) is -2.04. The fourth-order valence-corrected chi connectivity index (χ4v) is 2.55. The first kappa shape index (κ1) is 16.4. The highest BCUT2D eigenvalue weighted by molar-refractivity contribution is 5.96. The summed E-state index contributed by atoms with van der Waals surface area (Å²) in [5.41, 5.74) is 1.51. The number of benzene rings is 2. The van der Waals surface area contributed by atoms with Gasteiger partial charge in [0.1, 0.15) is 23.4 Å². The third kappa shape index (κ3) is 3.10.